The third kappa shape index (κ3) is 4.33. The van der Waals surface area contributed by atoms with Gasteiger partial charge in [0, 0.05) is 45.3 Å². The minimum Gasteiger partial charge on any atom is -0.342 e. The second kappa shape index (κ2) is 7.93. The molecule has 0 radical (unpaired) electrons. The van der Waals surface area contributed by atoms with Crippen molar-refractivity contribution in [2.45, 2.75) is 32.2 Å². The van der Waals surface area contributed by atoms with Gasteiger partial charge >= 0.3 is 0 Å². The maximum atomic E-state index is 12.4. The second-order valence-corrected chi connectivity index (χ2v) is 6.84. The van der Waals surface area contributed by atoms with Crippen LogP contribution in [0.2, 0.25) is 0 Å². The Morgan fingerprint density at radius 1 is 0.957 bits per heavy atom. The van der Waals surface area contributed by atoms with Gasteiger partial charge in [-0.05, 0) is 31.7 Å². The molecule has 2 aliphatic heterocycles. The number of hydrogen-bond acceptors (Lipinski definition) is 3. The molecule has 2 aliphatic rings. The molecule has 23 heavy (non-hydrogen) atoms. The Bertz CT molecular complexity index is 491. The summed E-state index contributed by atoms with van der Waals surface area (Å²) >= 11 is 0. The highest BCUT2D eigenvalue weighted by molar-refractivity contribution is 5.78. The fraction of sp³-hybridized carbons (Fsp3) is 0.632. The molecule has 4 nitrogen and oxygen atoms in total. The summed E-state index contributed by atoms with van der Waals surface area (Å²) in [6.45, 7) is 8.89. The summed E-state index contributed by atoms with van der Waals surface area (Å²) in [5.41, 5.74) is 1.38. The Morgan fingerprint density at radius 2 is 1.61 bits per heavy atom. The highest BCUT2D eigenvalue weighted by Crippen LogP contribution is 2.21. The second-order valence-electron chi connectivity index (χ2n) is 6.84. The number of rotatable bonds is 4. The van der Waals surface area contributed by atoms with Crippen molar-refractivity contribution in [1.82, 2.24) is 14.7 Å². The van der Waals surface area contributed by atoms with Crippen LogP contribution in [0.4, 0.5) is 0 Å². The van der Waals surface area contributed by atoms with Crippen LogP contribution >= 0.6 is 0 Å². The molecule has 0 aromatic heterocycles. The van der Waals surface area contributed by atoms with Crippen molar-refractivity contribution < 1.29 is 4.79 Å². The van der Waals surface area contributed by atoms with Crippen molar-refractivity contribution in [2.75, 3.05) is 45.8 Å². The number of nitrogens with zero attached hydrogens (tertiary/aromatic N) is 3. The van der Waals surface area contributed by atoms with E-state index >= 15 is 0 Å². The van der Waals surface area contributed by atoms with Crippen LogP contribution in [0.15, 0.2) is 30.3 Å². The number of hydrogen-bond donors (Lipinski definition) is 0. The fourth-order valence-electron chi connectivity index (χ4n) is 3.69. The monoisotopic (exact) mass is 315 g/mol. The lowest BCUT2D eigenvalue weighted by molar-refractivity contribution is -0.133. The van der Waals surface area contributed by atoms with E-state index in [0.29, 0.717) is 18.5 Å². The molecule has 1 unspecified atom stereocenters. The molecule has 4 heteroatoms. The van der Waals surface area contributed by atoms with E-state index < -0.39 is 0 Å². The molecule has 3 rings (SSSR count). The largest absolute Gasteiger partial charge is 0.342 e. The van der Waals surface area contributed by atoms with Crippen LogP contribution in [-0.4, -0.2) is 66.4 Å². The van der Waals surface area contributed by atoms with E-state index in [4.69, 9.17) is 0 Å². The third-order valence-electron chi connectivity index (χ3n) is 5.30. The minimum atomic E-state index is 0.328. The summed E-state index contributed by atoms with van der Waals surface area (Å²) in [5.74, 6) is 0.328. The van der Waals surface area contributed by atoms with Gasteiger partial charge in [0.2, 0.25) is 5.91 Å². The zero-order chi connectivity index (χ0) is 16.1. The van der Waals surface area contributed by atoms with Crippen molar-refractivity contribution in [1.29, 1.82) is 0 Å². The number of likely N-dealkylation sites (tertiary alicyclic amines) is 1. The fourth-order valence-corrected chi connectivity index (χ4v) is 3.69. The van der Waals surface area contributed by atoms with Crippen LogP contribution < -0.4 is 0 Å². The van der Waals surface area contributed by atoms with Crippen molar-refractivity contribution in [2.24, 2.45) is 0 Å². The van der Waals surface area contributed by atoms with Crippen molar-refractivity contribution in [3.05, 3.63) is 35.9 Å². The zero-order valence-electron chi connectivity index (χ0n) is 14.3. The van der Waals surface area contributed by atoms with Gasteiger partial charge in [-0.2, -0.15) is 0 Å². The Morgan fingerprint density at radius 3 is 2.26 bits per heavy atom. The maximum Gasteiger partial charge on any atom is 0.236 e. The maximum absolute atomic E-state index is 12.4. The first kappa shape index (κ1) is 16.5. The molecular formula is C19H29N3O. The first-order valence-electron chi connectivity index (χ1n) is 9.03. The number of amides is 1. The molecule has 2 fully saturated rings. The van der Waals surface area contributed by atoms with E-state index in [-0.39, 0.29) is 0 Å². The molecular weight excluding hydrogens is 286 g/mol. The van der Waals surface area contributed by atoms with Gasteiger partial charge in [-0.3, -0.25) is 14.6 Å². The van der Waals surface area contributed by atoms with Crippen LogP contribution in [0, 0.1) is 0 Å². The molecule has 0 spiro atoms. The first-order valence-corrected chi connectivity index (χ1v) is 9.03. The highest BCUT2D eigenvalue weighted by atomic mass is 16.2. The van der Waals surface area contributed by atoms with Gasteiger partial charge in [-0.25, -0.2) is 0 Å². The predicted molar refractivity (Wildman–Crippen MR) is 93.3 cm³/mol. The lowest BCUT2D eigenvalue weighted by atomic mass is 10.1. The quantitative estimate of drug-likeness (QED) is 0.853. The minimum absolute atomic E-state index is 0.328. The van der Waals surface area contributed by atoms with Crippen LogP contribution in [-0.2, 0) is 4.79 Å². The van der Waals surface area contributed by atoms with Crippen LogP contribution in [0.25, 0.3) is 0 Å². The normalized spacial score (nSPS) is 22.0. The molecule has 0 saturated carbocycles. The van der Waals surface area contributed by atoms with Crippen LogP contribution in [0.1, 0.15) is 37.8 Å². The average Bonchev–Trinajstić information content (AvgIpc) is 2.63. The van der Waals surface area contributed by atoms with E-state index in [0.717, 1.165) is 39.3 Å². The number of piperazine rings is 1. The highest BCUT2D eigenvalue weighted by Gasteiger charge is 2.25. The third-order valence-corrected chi connectivity index (χ3v) is 5.30. The molecule has 1 aromatic carbocycles. The van der Waals surface area contributed by atoms with Gasteiger partial charge < -0.3 is 4.90 Å². The van der Waals surface area contributed by atoms with Gasteiger partial charge in [0.15, 0.2) is 0 Å². The number of carbonyl (C=O) groups is 1. The van der Waals surface area contributed by atoms with Crippen molar-refractivity contribution in [3.8, 4) is 0 Å². The summed E-state index contributed by atoms with van der Waals surface area (Å²) in [5, 5.41) is 0. The van der Waals surface area contributed by atoms with Gasteiger partial charge in [0.25, 0.3) is 0 Å². The molecule has 0 N–H and O–H groups in total. The van der Waals surface area contributed by atoms with E-state index in [9.17, 15) is 4.79 Å². The number of benzene rings is 1. The molecule has 2 heterocycles. The molecule has 1 aromatic rings. The van der Waals surface area contributed by atoms with Gasteiger partial charge in [0.05, 0.1) is 6.54 Å². The lowest BCUT2D eigenvalue weighted by Crippen LogP contribution is -2.51. The van der Waals surface area contributed by atoms with Crippen LogP contribution in [0.3, 0.4) is 0 Å². The van der Waals surface area contributed by atoms with Crippen LogP contribution in [0.5, 0.6) is 0 Å². The Balaban J connectivity index is 1.45. The standard InChI is InChI=1S/C19H29N3O/c1-17(18-8-4-2-5-9-18)21-14-12-20(13-15-21)16-19(23)22-10-6-3-7-11-22/h2,4-5,8-9,17H,3,6-7,10-16H2,1H3. The molecule has 126 valence electrons. The molecule has 1 atom stereocenters. The SMILES string of the molecule is CC(c1ccccc1)N1CCN(CC(=O)N2CCCCC2)CC1. The van der Waals surface area contributed by atoms with Gasteiger partial charge in [-0.15, -0.1) is 0 Å². The lowest BCUT2D eigenvalue weighted by Gasteiger charge is -2.38. The molecule has 0 aliphatic carbocycles. The van der Waals surface area contributed by atoms with Crippen molar-refractivity contribution >= 4 is 5.91 Å². The summed E-state index contributed by atoms with van der Waals surface area (Å²) in [7, 11) is 0. The smallest absolute Gasteiger partial charge is 0.236 e. The number of carbonyl (C=O) groups excluding carboxylic acids is 1. The number of piperidine rings is 1. The zero-order valence-corrected chi connectivity index (χ0v) is 14.3. The summed E-state index contributed by atoms with van der Waals surface area (Å²) < 4.78 is 0. The van der Waals surface area contributed by atoms with E-state index in [1.807, 2.05) is 0 Å². The van der Waals surface area contributed by atoms with Gasteiger partial charge in [-0.1, -0.05) is 30.3 Å². The Labute approximate surface area is 140 Å². The topological polar surface area (TPSA) is 26.8 Å². The molecule has 0 bridgehead atoms. The summed E-state index contributed by atoms with van der Waals surface area (Å²) in [6, 6.07) is 11.2. The molecule has 2 saturated heterocycles. The van der Waals surface area contributed by atoms with E-state index in [1.54, 1.807) is 0 Å². The summed E-state index contributed by atoms with van der Waals surface area (Å²) in [4.78, 5) is 19.3. The Hall–Kier alpha value is -1.39. The molecule has 1 amide bonds. The van der Waals surface area contributed by atoms with Crippen molar-refractivity contribution in [3.63, 3.8) is 0 Å². The predicted octanol–water partition coefficient (Wildman–Crippen LogP) is 2.38. The Kier molecular flexibility index (Phi) is 5.68. The van der Waals surface area contributed by atoms with E-state index in [1.165, 1.54) is 24.8 Å². The van der Waals surface area contributed by atoms with Gasteiger partial charge in [0.1, 0.15) is 0 Å². The summed E-state index contributed by atoms with van der Waals surface area (Å²) in [6.07, 6.45) is 3.63. The average molecular weight is 315 g/mol. The van der Waals surface area contributed by atoms with E-state index in [2.05, 4.69) is 52.0 Å². The first-order chi connectivity index (χ1) is 11.2.